The van der Waals surface area contributed by atoms with Gasteiger partial charge in [0, 0.05) is 35.8 Å². The van der Waals surface area contributed by atoms with Crippen molar-refractivity contribution in [1.82, 2.24) is 15.5 Å². The first kappa shape index (κ1) is 17.5. The first-order valence-corrected chi connectivity index (χ1v) is 9.09. The third-order valence-corrected chi connectivity index (χ3v) is 4.89. The number of hydrogen-bond donors (Lipinski definition) is 2. The highest BCUT2D eigenvalue weighted by atomic mass is 35.5. The van der Waals surface area contributed by atoms with Gasteiger partial charge < -0.3 is 10.2 Å². The maximum atomic E-state index is 13.1. The van der Waals surface area contributed by atoms with Crippen LogP contribution in [0.25, 0.3) is 11.3 Å². The molecule has 2 aromatic carbocycles. The van der Waals surface area contributed by atoms with E-state index in [9.17, 15) is 9.18 Å². The number of carbonyl (C=O) groups excluding carboxylic acids is 1. The molecule has 1 amide bonds. The minimum Gasteiger partial charge on any atom is -0.353 e. The fourth-order valence-corrected chi connectivity index (χ4v) is 3.43. The highest BCUT2D eigenvalue weighted by molar-refractivity contribution is 6.30. The highest BCUT2D eigenvalue weighted by Gasteiger charge is 2.26. The molecule has 0 bridgehead atoms. The van der Waals surface area contributed by atoms with E-state index in [0.29, 0.717) is 17.1 Å². The number of nitrogens with zero attached hydrogens (tertiary/aromatic N) is 2. The van der Waals surface area contributed by atoms with Gasteiger partial charge in [0.15, 0.2) is 5.82 Å². The number of aromatic nitrogens is 2. The van der Waals surface area contributed by atoms with E-state index in [2.05, 4.69) is 20.4 Å². The van der Waals surface area contributed by atoms with Crippen molar-refractivity contribution in [2.75, 3.05) is 18.0 Å². The number of H-pyrrole nitrogens is 1. The molecular weight excluding hydrogens is 367 g/mol. The zero-order chi connectivity index (χ0) is 18.8. The second kappa shape index (κ2) is 7.40. The molecular formula is C20H18ClFN4O. The summed E-state index contributed by atoms with van der Waals surface area (Å²) in [6.45, 7) is 1.48. The number of carbonyl (C=O) groups is 1. The smallest absolute Gasteiger partial charge is 0.251 e. The van der Waals surface area contributed by atoms with Crippen LogP contribution in [0.2, 0.25) is 5.02 Å². The number of anilines is 1. The van der Waals surface area contributed by atoms with Crippen LogP contribution in [0.5, 0.6) is 0 Å². The second-order valence-corrected chi connectivity index (χ2v) is 7.00. The number of nitrogens with one attached hydrogen (secondary N) is 2. The largest absolute Gasteiger partial charge is 0.353 e. The van der Waals surface area contributed by atoms with Crippen LogP contribution in [0.15, 0.2) is 54.6 Å². The van der Waals surface area contributed by atoms with Gasteiger partial charge in [0.05, 0.1) is 5.69 Å². The van der Waals surface area contributed by atoms with Crippen molar-refractivity contribution in [1.29, 1.82) is 0 Å². The Bertz CT molecular complexity index is 957. The Balaban J connectivity index is 1.40. The van der Waals surface area contributed by atoms with Crippen molar-refractivity contribution in [2.45, 2.75) is 12.5 Å². The van der Waals surface area contributed by atoms with Gasteiger partial charge in [0.2, 0.25) is 0 Å². The molecule has 1 fully saturated rings. The molecule has 0 spiro atoms. The standard InChI is InChI=1S/C20H18ClFN4O/c21-15-3-1-2-14(10-15)20(27)23-17-8-9-26(12-17)19-11-18(24-25-19)13-4-6-16(22)7-5-13/h1-7,10-11,17H,8-9,12H2,(H,23,27)(H,24,25)/t17-/m0/s1. The van der Waals surface area contributed by atoms with Crippen LogP contribution in [-0.2, 0) is 0 Å². The molecule has 138 valence electrons. The Morgan fingerprint density at radius 3 is 2.81 bits per heavy atom. The zero-order valence-electron chi connectivity index (χ0n) is 14.5. The van der Waals surface area contributed by atoms with Crippen LogP contribution in [0.4, 0.5) is 10.2 Å². The van der Waals surface area contributed by atoms with Gasteiger partial charge in [-0.05, 0) is 54.4 Å². The summed E-state index contributed by atoms with van der Waals surface area (Å²) < 4.78 is 13.1. The third kappa shape index (κ3) is 3.95. The van der Waals surface area contributed by atoms with Crippen molar-refractivity contribution in [3.63, 3.8) is 0 Å². The molecule has 2 heterocycles. The van der Waals surface area contributed by atoms with Crippen LogP contribution < -0.4 is 10.2 Å². The summed E-state index contributed by atoms with van der Waals surface area (Å²) in [6, 6.07) is 15.2. The lowest BCUT2D eigenvalue weighted by Gasteiger charge is -2.16. The molecule has 7 heteroatoms. The summed E-state index contributed by atoms with van der Waals surface area (Å²) >= 11 is 5.95. The predicted octanol–water partition coefficient (Wildman–Crippen LogP) is 3.88. The van der Waals surface area contributed by atoms with E-state index in [-0.39, 0.29) is 17.8 Å². The summed E-state index contributed by atoms with van der Waals surface area (Å²) in [5.41, 5.74) is 2.26. The summed E-state index contributed by atoms with van der Waals surface area (Å²) in [5, 5.41) is 10.9. The van der Waals surface area contributed by atoms with E-state index in [1.54, 1.807) is 36.4 Å². The Morgan fingerprint density at radius 2 is 2.04 bits per heavy atom. The van der Waals surface area contributed by atoms with Gasteiger partial charge in [-0.25, -0.2) is 4.39 Å². The minimum atomic E-state index is -0.267. The number of amides is 1. The van der Waals surface area contributed by atoms with Crippen molar-refractivity contribution >= 4 is 23.3 Å². The average molecular weight is 385 g/mol. The zero-order valence-corrected chi connectivity index (χ0v) is 15.2. The summed E-state index contributed by atoms with van der Waals surface area (Å²) in [6.07, 6.45) is 0.838. The van der Waals surface area contributed by atoms with Gasteiger partial charge in [0.1, 0.15) is 5.82 Å². The van der Waals surface area contributed by atoms with Crippen LogP contribution >= 0.6 is 11.6 Å². The topological polar surface area (TPSA) is 61.0 Å². The molecule has 2 N–H and O–H groups in total. The van der Waals surface area contributed by atoms with Crippen molar-refractivity contribution in [2.24, 2.45) is 0 Å². The van der Waals surface area contributed by atoms with Gasteiger partial charge in [-0.1, -0.05) is 17.7 Å². The van der Waals surface area contributed by atoms with Gasteiger partial charge in [-0.2, -0.15) is 5.10 Å². The minimum absolute atomic E-state index is 0.0439. The molecule has 0 saturated carbocycles. The van der Waals surface area contributed by atoms with Crippen molar-refractivity contribution in [3.05, 3.63) is 71.0 Å². The monoisotopic (exact) mass is 384 g/mol. The van der Waals surface area contributed by atoms with Gasteiger partial charge >= 0.3 is 0 Å². The molecule has 1 aromatic heterocycles. The van der Waals surface area contributed by atoms with Crippen LogP contribution in [0.3, 0.4) is 0 Å². The van der Waals surface area contributed by atoms with Crippen molar-refractivity contribution < 1.29 is 9.18 Å². The van der Waals surface area contributed by atoms with E-state index in [4.69, 9.17) is 11.6 Å². The van der Waals surface area contributed by atoms with Gasteiger partial charge in [0.25, 0.3) is 5.91 Å². The SMILES string of the molecule is O=C(N[C@H]1CCN(c2cc(-c3ccc(F)cc3)[nH]n2)C1)c1cccc(Cl)c1. The first-order chi connectivity index (χ1) is 13.1. The summed E-state index contributed by atoms with van der Waals surface area (Å²) in [4.78, 5) is 14.5. The Morgan fingerprint density at radius 1 is 1.22 bits per heavy atom. The molecule has 0 radical (unpaired) electrons. The lowest BCUT2D eigenvalue weighted by molar-refractivity contribution is 0.0940. The molecule has 0 unspecified atom stereocenters. The molecule has 1 aliphatic heterocycles. The van der Waals surface area contributed by atoms with E-state index >= 15 is 0 Å². The fourth-order valence-electron chi connectivity index (χ4n) is 3.24. The fraction of sp³-hybridized carbons (Fsp3) is 0.200. The van der Waals surface area contributed by atoms with Crippen LogP contribution in [0.1, 0.15) is 16.8 Å². The lowest BCUT2D eigenvalue weighted by Crippen LogP contribution is -2.37. The van der Waals surface area contributed by atoms with Gasteiger partial charge in [-0.3, -0.25) is 9.89 Å². The molecule has 4 rings (SSSR count). The Kier molecular flexibility index (Phi) is 4.81. The third-order valence-electron chi connectivity index (χ3n) is 4.65. The number of aromatic amines is 1. The maximum absolute atomic E-state index is 13.1. The Hall–Kier alpha value is -2.86. The normalized spacial score (nSPS) is 16.5. The molecule has 1 aliphatic rings. The molecule has 3 aromatic rings. The van der Waals surface area contributed by atoms with E-state index in [1.165, 1.54) is 12.1 Å². The molecule has 27 heavy (non-hydrogen) atoms. The summed E-state index contributed by atoms with van der Waals surface area (Å²) in [5.74, 6) is 0.420. The van der Waals surface area contributed by atoms with E-state index in [1.807, 2.05) is 6.07 Å². The molecule has 1 atom stereocenters. The number of halogens is 2. The van der Waals surface area contributed by atoms with Crippen molar-refractivity contribution in [3.8, 4) is 11.3 Å². The molecule has 5 nitrogen and oxygen atoms in total. The highest BCUT2D eigenvalue weighted by Crippen LogP contribution is 2.24. The van der Waals surface area contributed by atoms with Gasteiger partial charge in [-0.15, -0.1) is 0 Å². The summed E-state index contributed by atoms with van der Waals surface area (Å²) in [7, 11) is 0. The first-order valence-electron chi connectivity index (χ1n) is 8.71. The predicted molar refractivity (Wildman–Crippen MR) is 104 cm³/mol. The van der Waals surface area contributed by atoms with E-state index in [0.717, 1.165) is 30.0 Å². The quantitative estimate of drug-likeness (QED) is 0.717. The maximum Gasteiger partial charge on any atom is 0.251 e. The number of benzene rings is 2. The number of rotatable bonds is 4. The molecule has 0 aliphatic carbocycles. The molecule has 1 saturated heterocycles. The second-order valence-electron chi connectivity index (χ2n) is 6.56. The number of hydrogen-bond acceptors (Lipinski definition) is 3. The Labute approximate surface area is 161 Å². The van der Waals surface area contributed by atoms with Crippen LogP contribution in [0, 0.1) is 5.82 Å². The van der Waals surface area contributed by atoms with E-state index < -0.39 is 0 Å². The van der Waals surface area contributed by atoms with Crippen LogP contribution in [-0.4, -0.2) is 35.2 Å². The lowest BCUT2D eigenvalue weighted by atomic mass is 10.1. The average Bonchev–Trinajstić information content (AvgIpc) is 3.32.